The van der Waals surface area contributed by atoms with Crippen LogP contribution in [0.5, 0.6) is 0 Å². The lowest BCUT2D eigenvalue weighted by atomic mass is 10.1. The first-order valence-corrected chi connectivity index (χ1v) is 5.88. The molecule has 1 aromatic rings. The third kappa shape index (κ3) is 3.06. The monoisotopic (exact) mass is 247 g/mol. The number of carbonyl (C=O) groups is 1. The van der Waals surface area contributed by atoms with Gasteiger partial charge in [0.1, 0.15) is 11.9 Å². The van der Waals surface area contributed by atoms with Gasteiger partial charge in [0.25, 0.3) is 0 Å². The Balaban J connectivity index is 1.98. The number of carbonyl (C=O) groups excluding carboxylic acids is 1. The van der Waals surface area contributed by atoms with Crippen LogP contribution in [0, 0.1) is 0 Å². The van der Waals surface area contributed by atoms with Crippen molar-refractivity contribution in [3.8, 4) is 0 Å². The van der Waals surface area contributed by atoms with Gasteiger partial charge in [0.05, 0.1) is 0 Å². The molecule has 0 saturated carbocycles. The van der Waals surface area contributed by atoms with Crippen molar-refractivity contribution in [2.45, 2.75) is 26.4 Å². The Morgan fingerprint density at radius 3 is 2.61 bits per heavy atom. The molecular weight excluding hydrogens is 230 g/mol. The van der Waals surface area contributed by atoms with E-state index in [2.05, 4.69) is 9.97 Å². The van der Waals surface area contributed by atoms with Gasteiger partial charge in [-0.05, 0) is 26.3 Å². The van der Waals surface area contributed by atoms with E-state index in [1.165, 1.54) is 6.33 Å². The lowest BCUT2D eigenvalue weighted by Crippen LogP contribution is -2.35. The van der Waals surface area contributed by atoms with Crippen LogP contribution in [0.2, 0.25) is 0 Å². The normalized spacial score (nSPS) is 15.5. The van der Waals surface area contributed by atoms with Crippen LogP contribution in [0.4, 0.5) is 4.79 Å². The van der Waals surface area contributed by atoms with Gasteiger partial charge in [-0.1, -0.05) is 6.08 Å². The van der Waals surface area contributed by atoms with Crippen molar-refractivity contribution < 1.29 is 9.53 Å². The van der Waals surface area contributed by atoms with Crippen molar-refractivity contribution in [2.75, 3.05) is 13.1 Å². The third-order valence-corrected chi connectivity index (χ3v) is 2.50. The summed E-state index contributed by atoms with van der Waals surface area (Å²) in [6, 6.07) is 0. The van der Waals surface area contributed by atoms with E-state index in [1.807, 2.05) is 26.8 Å². The van der Waals surface area contributed by atoms with Crippen LogP contribution in [0.3, 0.4) is 0 Å². The zero-order valence-corrected chi connectivity index (χ0v) is 10.9. The first-order valence-electron chi connectivity index (χ1n) is 5.88. The van der Waals surface area contributed by atoms with Gasteiger partial charge in [0.15, 0.2) is 0 Å². The van der Waals surface area contributed by atoms with Crippen LogP contribution < -0.4 is 0 Å². The molecule has 0 N–H and O–H groups in total. The van der Waals surface area contributed by atoms with E-state index < -0.39 is 5.60 Å². The third-order valence-electron chi connectivity index (χ3n) is 2.50. The molecule has 1 amide bonds. The second-order valence-electron chi connectivity index (χ2n) is 5.22. The summed E-state index contributed by atoms with van der Waals surface area (Å²) in [4.78, 5) is 21.5. The number of aromatic nitrogens is 2. The molecule has 2 rings (SSSR count). The quantitative estimate of drug-likeness (QED) is 0.762. The lowest BCUT2D eigenvalue weighted by Gasteiger charge is -2.24. The van der Waals surface area contributed by atoms with Gasteiger partial charge >= 0.3 is 6.09 Å². The van der Waals surface area contributed by atoms with Crippen LogP contribution >= 0.6 is 0 Å². The Morgan fingerprint density at radius 1 is 1.33 bits per heavy atom. The van der Waals surface area contributed by atoms with Crippen molar-refractivity contribution in [1.29, 1.82) is 0 Å². The second kappa shape index (κ2) is 4.76. The second-order valence-corrected chi connectivity index (χ2v) is 5.22. The van der Waals surface area contributed by atoms with E-state index in [4.69, 9.17) is 4.74 Å². The number of ether oxygens (including phenoxy) is 1. The van der Waals surface area contributed by atoms with Crippen molar-refractivity contribution >= 4 is 11.7 Å². The van der Waals surface area contributed by atoms with Gasteiger partial charge in [-0.2, -0.15) is 0 Å². The molecule has 0 radical (unpaired) electrons. The molecule has 0 fully saturated rings. The van der Waals surface area contributed by atoms with E-state index in [9.17, 15) is 4.79 Å². The molecule has 0 saturated heterocycles. The predicted octanol–water partition coefficient (Wildman–Crippen LogP) is 2.11. The fourth-order valence-corrected chi connectivity index (χ4v) is 1.69. The Morgan fingerprint density at radius 2 is 2.00 bits per heavy atom. The van der Waals surface area contributed by atoms with Gasteiger partial charge in [0.2, 0.25) is 0 Å². The van der Waals surface area contributed by atoms with E-state index in [0.29, 0.717) is 13.1 Å². The maximum atomic E-state index is 11.9. The Hall–Kier alpha value is -1.91. The lowest BCUT2D eigenvalue weighted by molar-refractivity contribution is 0.0306. The van der Waals surface area contributed by atoms with Crippen molar-refractivity contribution in [2.24, 2.45) is 0 Å². The molecule has 96 valence electrons. The zero-order valence-electron chi connectivity index (χ0n) is 10.9. The molecule has 0 unspecified atom stereocenters. The average Bonchev–Trinajstić information content (AvgIpc) is 2.77. The van der Waals surface area contributed by atoms with Crippen LogP contribution in [0.25, 0.3) is 5.57 Å². The largest absolute Gasteiger partial charge is 0.444 e. The van der Waals surface area contributed by atoms with Crippen LogP contribution in [-0.4, -0.2) is 39.7 Å². The van der Waals surface area contributed by atoms with Crippen LogP contribution in [0.1, 0.15) is 26.3 Å². The molecule has 1 aromatic heterocycles. The minimum absolute atomic E-state index is 0.286. The maximum absolute atomic E-state index is 11.9. The summed E-state index contributed by atoms with van der Waals surface area (Å²) in [5.41, 5.74) is 1.54. The van der Waals surface area contributed by atoms with Crippen molar-refractivity contribution in [3.63, 3.8) is 0 Å². The minimum Gasteiger partial charge on any atom is -0.444 e. The molecule has 0 bridgehead atoms. The van der Waals surface area contributed by atoms with Crippen molar-refractivity contribution in [1.82, 2.24) is 14.9 Å². The van der Waals surface area contributed by atoms with E-state index >= 15 is 0 Å². The Kier molecular flexibility index (Phi) is 3.32. The summed E-state index contributed by atoms with van der Waals surface area (Å²) < 4.78 is 5.33. The SMILES string of the molecule is CC(C)(C)OC(=O)N1CC=C(c2cncnc2)C1. The molecule has 0 atom stereocenters. The first-order chi connectivity index (χ1) is 8.46. The number of nitrogens with zero attached hydrogens (tertiary/aromatic N) is 3. The van der Waals surface area contributed by atoms with Crippen molar-refractivity contribution in [3.05, 3.63) is 30.4 Å². The highest BCUT2D eigenvalue weighted by molar-refractivity contribution is 5.77. The van der Waals surface area contributed by atoms with Crippen LogP contribution in [0.15, 0.2) is 24.8 Å². The van der Waals surface area contributed by atoms with E-state index in [-0.39, 0.29) is 6.09 Å². The summed E-state index contributed by atoms with van der Waals surface area (Å²) in [7, 11) is 0. The average molecular weight is 247 g/mol. The summed E-state index contributed by atoms with van der Waals surface area (Å²) >= 11 is 0. The van der Waals surface area contributed by atoms with Crippen LogP contribution in [-0.2, 0) is 4.74 Å². The molecule has 0 aromatic carbocycles. The summed E-state index contributed by atoms with van der Waals surface area (Å²) in [5.74, 6) is 0. The van der Waals surface area contributed by atoms with Gasteiger partial charge < -0.3 is 9.64 Å². The summed E-state index contributed by atoms with van der Waals surface area (Å²) in [5, 5.41) is 0. The molecule has 18 heavy (non-hydrogen) atoms. The fraction of sp³-hybridized carbons (Fsp3) is 0.462. The summed E-state index contributed by atoms with van der Waals surface area (Å²) in [6.07, 6.45) is 6.70. The Bertz CT molecular complexity index is 463. The van der Waals surface area contributed by atoms with E-state index in [0.717, 1.165) is 11.1 Å². The molecule has 5 nitrogen and oxygen atoms in total. The topological polar surface area (TPSA) is 55.3 Å². The molecule has 2 heterocycles. The molecule has 0 aliphatic carbocycles. The standard InChI is InChI=1S/C13H17N3O2/c1-13(2,3)18-12(17)16-5-4-10(8-16)11-6-14-9-15-7-11/h4,6-7,9H,5,8H2,1-3H3. The highest BCUT2D eigenvalue weighted by Gasteiger charge is 2.25. The molecular formula is C13H17N3O2. The number of amides is 1. The molecule has 1 aliphatic rings. The first kappa shape index (κ1) is 12.5. The van der Waals surface area contributed by atoms with Gasteiger partial charge in [0, 0.05) is 31.0 Å². The smallest absolute Gasteiger partial charge is 0.410 e. The molecule has 5 heteroatoms. The minimum atomic E-state index is -0.463. The van der Waals surface area contributed by atoms with Gasteiger partial charge in [-0.3, -0.25) is 0 Å². The number of rotatable bonds is 1. The van der Waals surface area contributed by atoms with E-state index in [1.54, 1.807) is 17.3 Å². The molecule has 0 spiro atoms. The van der Waals surface area contributed by atoms with Gasteiger partial charge in [-0.25, -0.2) is 14.8 Å². The highest BCUT2D eigenvalue weighted by atomic mass is 16.6. The fourth-order valence-electron chi connectivity index (χ4n) is 1.69. The van der Waals surface area contributed by atoms with Gasteiger partial charge in [-0.15, -0.1) is 0 Å². The highest BCUT2D eigenvalue weighted by Crippen LogP contribution is 2.21. The number of hydrogen-bond acceptors (Lipinski definition) is 4. The predicted molar refractivity (Wildman–Crippen MR) is 67.8 cm³/mol. The Labute approximate surface area is 106 Å². The summed E-state index contributed by atoms with van der Waals surface area (Å²) in [6.45, 7) is 6.70. The zero-order chi connectivity index (χ0) is 13.2. The number of hydrogen-bond donors (Lipinski definition) is 0. The molecule has 1 aliphatic heterocycles. The maximum Gasteiger partial charge on any atom is 0.410 e.